The van der Waals surface area contributed by atoms with Crippen LogP contribution in [0.1, 0.15) is 31.4 Å². The zero-order chi connectivity index (χ0) is 15.4. The molecule has 0 bridgehead atoms. The summed E-state index contributed by atoms with van der Waals surface area (Å²) in [6, 6.07) is -0.254. The van der Waals surface area contributed by atoms with Crippen molar-refractivity contribution >= 4 is 23.6 Å². The monoisotopic (exact) mass is 314 g/mol. The van der Waals surface area contributed by atoms with E-state index in [0.717, 1.165) is 0 Å². The van der Waals surface area contributed by atoms with Crippen LogP contribution in [0.2, 0.25) is 5.02 Å². The van der Waals surface area contributed by atoms with Crippen LogP contribution < -0.4 is 10.6 Å². The molecule has 1 aromatic rings. The molecule has 0 aliphatic heterocycles. The van der Waals surface area contributed by atoms with E-state index in [1.807, 2.05) is 0 Å². The Kier molecular flexibility index (Phi) is 5.06. The Balaban J connectivity index is 1.73. The number of carbonyl (C=O) groups excluding carboxylic acids is 1. The Hall–Kier alpha value is -1.76. The molecule has 1 aliphatic rings. The van der Waals surface area contributed by atoms with Gasteiger partial charge in [0.1, 0.15) is 5.69 Å². The molecular weight excluding hydrogens is 296 g/mol. The number of aryl methyl sites for hydroxylation is 1. The lowest BCUT2D eigenvalue weighted by atomic mass is 9.86. The van der Waals surface area contributed by atoms with Crippen LogP contribution in [0.15, 0.2) is 6.20 Å². The van der Waals surface area contributed by atoms with Crippen molar-refractivity contribution in [3.8, 4) is 0 Å². The second kappa shape index (κ2) is 6.80. The first-order chi connectivity index (χ1) is 9.95. The number of aromatic nitrogens is 2. The average molecular weight is 315 g/mol. The Labute approximate surface area is 127 Å². The summed E-state index contributed by atoms with van der Waals surface area (Å²) >= 11 is 5.96. The zero-order valence-electron chi connectivity index (χ0n) is 11.8. The van der Waals surface area contributed by atoms with E-state index in [9.17, 15) is 9.59 Å². The SMILES string of the molecule is Cn1cc(Cl)c(CNC(=O)NC2CCC(C(=O)O)CC2)n1. The van der Waals surface area contributed by atoms with Gasteiger partial charge in [0.2, 0.25) is 0 Å². The summed E-state index contributed by atoms with van der Waals surface area (Å²) in [5, 5.41) is 19.1. The highest BCUT2D eigenvalue weighted by atomic mass is 35.5. The lowest BCUT2D eigenvalue weighted by Crippen LogP contribution is -2.44. The van der Waals surface area contributed by atoms with Crippen LogP contribution >= 0.6 is 11.6 Å². The van der Waals surface area contributed by atoms with E-state index in [4.69, 9.17) is 16.7 Å². The molecule has 2 amide bonds. The van der Waals surface area contributed by atoms with E-state index in [0.29, 0.717) is 36.4 Å². The van der Waals surface area contributed by atoms with E-state index in [-0.39, 0.29) is 24.5 Å². The molecule has 3 N–H and O–H groups in total. The minimum Gasteiger partial charge on any atom is -0.481 e. The number of nitrogens with one attached hydrogen (secondary N) is 2. The topological polar surface area (TPSA) is 96.2 Å². The van der Waals surface area contributed by atoms with Gasteiger partial charge < -0.3 is 15.7 Å². The van der Waals surface area contributed by atoms with Gasteiger partial charge in [-0.25, -0.2) is 4.79 Å². The highest BCUT2D eigenvalue weighted by Gasteiger charge is 2.26. The van der Waals surface area contributed by atoms with Crippen molar-refractivity contribution < 1.29 is 14.7 Å². The van der Waals surface area contributed by atoms with Crippen molar-refractivity contribution in [1.82, 2.24) is 20.4 Å². The number of hydrogen-bond acceptors (Lipinski definition) is 3. The first-order valence-corrected chi connectivity index (χ1v) is 7.28. The van der Waals surface area contributed by atoms with Gasteiger partial charge in [-0.1, -0.05) is 11.6 Å². The minimum atomic E-state index is -0.748. The highest BCUT2D eigenvalue weighted by molar-refractivity contribution is 6.31. The van der Waals surface area contributed by atoms with E-state index in [1.54, 1.807) is 17.9 Å². The molecule has 116 valence electrons. The van der Waals surface area contributed by atoms with Gasteiger partial charge in [0.25, 0.3) is 0 Å². The standard InChI is InChI=1S/C13H19ClN4O3/c1-18-7-10(14)11(17-18)6-15-13(21)16-9-4-2-8(3-5-9)12(19)20/h7-9H,2-6H2,1H3,(H,19,20)(H2,15,16,21). The number of nitrogens with zero attached hydrogens (tertiary/aromatic N) is 2. The van der Waals surface area contributed by atoms with Crippen LogP contribution in [0.3, 0.4) is 0 Å². The lowest BCUT2D eigenvalue weighted by molar-refractivity contribution is -0.142. The van der Waals surface area contributed by atoms with Crippen LogP contribution in [-0.4, -0.2) is 32.9 Å². The van der Waals surface area contributed by atoms with Crippen LogP contribution in [0, 0.1) is 5.92 Å². The maximum Gasteiger partial charge on any atom is 0.315 e. The Bertz CT molecular complexity index is 523. The molecular formula is C13H19ClN4O3. The molecule has 7 nitrogen and oxygen atoms in total. The molecule has 0 saturated heterocycles. The summed E-state index contributed by atoms with van der Waals surface area (Å²) in [5.74, 6) is -1.03. The Morgan fingerprint density at radius 1 is 1.43 bits per heavy atom. The molecule has 1 heterocycles. The van der Waals surface area contributed by atoms with Crippen molar-refractivity contribution in [3.05, 3.63) is 16.9 Å². The number of hydrogen-bond donors (Lipinski definition) is 3. The normalized spacial score (nSPS) is 21.8. The summed E-state index contributed by atoms with van der Waals surface area (Å²) in [5.41, 5.74) is 0.615. The highest BCUT2D eigenvalue weighted by Crippen LogP contribution is 2.24. The summed E-state index contributed by atoms with van der Waals surface area (Å²) in [6.45, 7) is 0.260. The summed E-state index contributed by atoms with van der Waals surface area (Å²) in [4.78, 5) is 22.7. The van der Waals surface area contributed by atoms with Gasteiger partial charge in [-0.3, -0.25) is 9.48 Å². The number of amides is 2. The molecule has 1 aliphatic carbocycles. The second-order valence-corrected chi connectivity index (χ2v) is 5.72. The van der Waals surface area contributed by atoms with Crippen LogP contribution in [0.4, 0.5) is 4.79 Å². The van der Waals surface area contributed by atoms with Gasteiger partial charge in [-0.2, -0.15) is 5.10 Å². The minimum absolute atomic E-state index is 0.0276. The van der Waals surface area contributed by atoms with Crippen molar-refractivity contribution in [2.75, 3.05) is 0 Å². The zero-order valence-corrected chi connectivity index (χ0v) is 12.6. The molecule has 8 heteroatoms. The number of halogens is 1. The third kappa shape index (κ3) is 4.35. The van der Waals surface area contributed by atoms with Gasteiger partial charge in [-0.15, -0.1) is 0 Å². The summed E-state index contributed by atoms with van der Waals surface area (Å²) < 4.78 is 1.59. The van der Waals surface area contributed by atoms with Crippen LogP contribution in [0.5, 0.6) is 0 Å². The van der Waals surface area contributed by atoms with Gasteiger partial charge in [0, 0.05) is 19.3 Å². The lowest BCUT2D eigenvalue weighted by Gasteiger charge is -2.26. The number of aliphatic carboxylic acids is 1. The van der Waals surface area contributed by atoms with Gasteiger partial charge in [-0.05, 0) is 25.7 Å². The van der Waals surface area contributed by atoms with E-state index in [2.05, 4.69) is 15.7 Å². The fourth-order valence-electron chi connectivity index (χ4n) is 2.51. The molecule has 21 heavy (non-hydrogen) atoms. The summed E-state index contributed by atoms with van der Waals surface area (Å²) in [7, 11) is 1.76. The van der Waals surface area contributed by atoms with Gasteiger partial charge >= 0.3 is 12.0 Å². The maximum atomic E-state index is 11.8. The predicted octanol–water partition coefficient (Wildman–Crippen LogP) is 1.52. The Morgan fingerprint density at radius 2 is 2.10 bits per heavy atom. The Morgan fingerprint density at radius 3 is 2.62 bits per heavy atom. The van der Waals surface area contributed by atoms with Gasteiger partial charge in [0.15, 0.2) is 0 Å². The first-order valence-electron chi connectivity index (χ1n) is 6.91. The number of carboxylic acids is 1. The maximum absolute atomic E-state index is 11.8. The number of carboxylic acid groups (broad SMARTS) is 1. The molecule has 1 aromatic heterocycles. The molecule has 0 radical (unpaired) electrons. The quantitative estimate of drug-likeness (QED) is 0.785. The third-order valence-electron chi connectivity index (χ3n) is 3.68. The molecule has 0 unspecified atom stereocenters. The molecule has 0 spiro atoms. The number of carbonyl (C=O) groups is 2. The molecule has 1 fully saturated rings. The van der Waals surface area contributed by atoms with Gasteiger partial charge in [0.05, 0.1) is 17.5 Å². The molecule has 0 atom stereocenters. The molecule has 1 saturated carbocycles. The number of urea groups is 1. The van der Waals surface area contributed by atoms with E-state index < -0.39 is 5.97 Å². The van der Waals surface area contributed by atoms with Crippen molar-refractivity contribution in [3.63, 3.8) is 0 Å². The molecule has 0 aromatic carbocycles. The van der Waals surface area contributed by atoms with Crippen LogP contribution in [0.25, 0.3) is 0 Å². The van der Waals surface area contributed by atoms with Crippen molar-refractivity contribution in [2.45, 2.75) is 38.3 Å². The second-order valence-electron chi connectivity index (χ2n) is 5.31. The molecule has 2 rings (SSSR count). The first kappa shape index (κ1) is 15.6. The van der Waals surface area contributed by atoms with Crippen molar-refractivity contribution in [2.24, 2.45) is 13.0 Å². The number of rotatable bonds is 4. The predicted molar refractivity (Wildman–Crippen MR) is 77.0 cm³/mol. The van der Waals surface area contributed by atoms with Crippen LogP contribution in [-0.2, 0) is 18.4 Å². The van der Waals surface area contributed by atoms with E-state index in [1.165, 1.54) is 0 Å². The summed E-state index contributed by atoms with van der Waals surface area (Å²) in [6.07, 6.45) is 4.26. The fourth-order valence-corrected chi connectivity index (χ4v) is 2.76. The van der Waals surface area contributed by atoms with E-state index >= 15 is 0 Å². The largest absolute Gasteiger partial charge is 0.481 e. The third-order valence-corrected chi connectivity index (χ3v) is 4.00. The smallest absolute Gasteiger partial charge is 0.315 e. The van der Waals surface area contributed by atoms with Crippen molar-refractivity contribution in [1.29, 1.82) is 0 Å². The fraction of sp³-hybridized carbons (Fsp3) is 0.615. The average Bonchev–Trinajstić information content (AvgIpc) is 2.75.